The summed E-state index contributed by atoms with van der Waals surface area (Å²) in [5, 5.41) is 2.95. The lowest BCUT2D eigenvalue weighted by Gasteiger charge is -2.57. The zero-order chi connectivity index (χ0) is 13.4. The van der Waals surface area contributed by atoms with Gasteiger partial charge in [-0.05, 0) is 62.7 Å². The van der Waals surface area contributed by atoms with E-state index in [1.807, 2.05) is 0 Å². The Morgan fingerprint density at radius 3 is 2.21 bits per heavy atom. The van der Waals surface area contributed by atoms with Crippen molar-refractivity contribution in [1.82, 2.24) is 10.2 Å². The van der Waals surface area contributed by atoms with Gasteiger partial charge in [0.25, 0.3) is 0 Å². The summed E-state index contributed by atoms with van der Waals surface area (Å²) in [6.07, 6.45) is 6.90. The van der Waals surface area contributed by atoms with E-state index in [1.54, 1.807) is 0 Å². The normalized spacial score (nSPS) is 39.4. The van der Waals surface area contributed by atoms with Crippen molar-refractivity contribution < 1.29 is 4.79 Å². The number of nitrogens with two attached hydrogens (primary N) is 1. The molecule has 108 valence electrons. The van der Waals surface area contributed by atoms with Crippen molar-refractivity contribution in [2.45, 2.75) is 45.1 Å². The number of hydrogen-bond donors (Lipinski definition) is 2. The molecule has 4 nitrogen and oxygen atoms in total. The Bertz CT molecular complexity index is 316. The van der Waals surface area contributed by atoms with Gasteiger partial charge in [0.2, 0.25) is 0 Å². The molecule has 0 spiro atoms. The Kier molecular flexibility index (Phi) is 3.70. The van der Waals surface area contributed by atoms with Crippen LogP contribution in [-0.2, 0) is 0 Å². The van der Waals surface area contributed by atoms with Crippen molar-refractivity contribution in [3.8, 4) is 0 Å². The highest BCUT2D eigenvalue weighted by atomic mass is 16.2. The summed E-state index contributed by atoms with van der Waals surface area (Å²) in [6, 6.07) is 0.598. The molecule has 4 aliphatic carbocycles. The van der Waals surface area contributed by atoms with Crippen LogP contribution in [-0.4, -0.2) is 36.6 Å². The summed E-state index contributed by atoms with van der Waals surface area (Å²) in [6.45, 7) is 4.03. The Morgan fingerprint density at radius 2 is 1.74 bits per heavy atom. The predicted molar refractivity (Wildman–Crippen MR) is 75.7 cm³/mol. The van der Waals surface area contributed by atoms with E-state index in [2.05, 4.69) is 17.1 Å². The minimum absolute atomic E-state index is 0.102. The van der Waals surface area contributed by atoms with E-state index < -0.39 is 0 Å². The van der Waals surface area contributed by atoms with Crippen LogP contribution in [0, 0.1) is 23.7 Å². The van der Waals surface area contributed by atoms with Crippen LogP contribution >= 0.6 is 0 Å². The Balaban J connectivity index is 1.71. The fourth-order valence-electron chi connectivity index (χ4n) is 5.18. The monoisotopic (exact) mass is 265 g/mol. The molecular weight excluding hydrogens is 238 g/mol. The summed E-state index contributed by atoms with van der Waals surface area (Å²) < 4.78 is 0. The zero-order valence-electron chi connectivity index (χ0n) is 12.0. The van der Waals surface area contributed by atoms with E-state index in [1.165, 1.54) is 32.1 Å². The summed E-state index contributed by atoms with van der Waals surface area (Å²) >= 11 is 0. The number of nitrogens with zero attached hydrogens (tertiary/aromatic N) is 1. The number of rotatable bonds is 4. The highest BCUT2D eigenvalue weighted by Gasteiger charge is 2.50. The topological polar surface area (TPSA) is 58.4 Å². The molecule has 0 radical (unpaired) electrons. The maximum atomic E-state index is 12.3. The van der Waals surface area contributed by atoms with Crippen LogP contribution in [0.25, 0.3) is 0 Å². The van der Waals surface area contributed by atoms with Crippen molar-refractivity contribution >= 4 is 6.03 Å². The lowest BCUT2D eigenvalue weighted by molar-refractivity contribution is -0.0499. The molecule has 0 aromatic carbocycles. The first-order chi connectivity index (χ1) is 9.22. The molecule has 4 saturated carbocycles. The molecule has 0 unspecified atom stereocenters. The van der Waals surface area contributed by atoms with E-state index in [0.29, 0.717) is 19.1 Å². The molecule has 19 heavy (non-hydrogen) atoms. The number of amides is 2. The SMILES string of the molecule is CCN(C(=O)NCCN)C1C2CC3CC(C2)CC1C3. The maximum absolute atomic E-state index is 12.3. The van der Waals surface area contributed by atoms with Gasteiger partial charge in [-0.15, -0.1) is 0 Å². The van der Waals surface area contributed by atoms with Crippen molar-refractivity contribution in [3.05, 3.63) is 0 Å². The maximum Gasteiger partial charge on any atom is 0.317 e. The fraction of sp³-hybridized carbons (Fsp3) is 0.933. The fourth-order valence-corrected chi connectivity index (χ4v) is 5.18. The first-order valence-electron chi connectivity index (χ1n) is 7.97. The second-order valence-corrected chi connectivity index (χ2v) is 6.73. The van der Waals surface area contributed by atoms with E-state index in [9.17, 15) is 4.79 Å². The number of urea groups is 1. The number of carbonyl (C=O) groups excluding carboxylic acids is 1. The molecule has 4 fully saturated rings. The zero-order valence-corrected chi connectivity index (χ0v) is 12.0. The minimum Gasteiger partial charge on any atom is -0.337 e. The second kappa shape index (κ2) is 5.31. The van der Waals surface area contributed by atoms with E-state index >= 15 is 0 Å². The standard InChI is InChI=1S/C15H27N3O/c1-2-18(15(19)17-4-3-16)14-12-6-10-5-11(8-12)9-13(14)7-10/h10-14H,2-9,16H2,1H3,(H,17,19). The highest BCUT2D eigenvalue weighted by Crippen LogP contribution is 2.55. The summed E-state index contributed by atoms with van der Waals surface area (Å²) in [7, 11) is 0. The van der Waals surface area contributed by atoms with Crippen molar-refractivity contribution in [3.63, 3.8) is 0 Å². The molecular formula is C15H27N3O. The van der Waals surface area contributed by atoms with Gasteiger partial charge in [-0.3, -0.25) is 0 Å². The third kappa shape index (κ3) is 2.35. The summed E-state index contributed by atoms with van der Waals surface area (Å²) in [5.41, 5.74) is 5.48. The Labute approximate surface area is 116 Å². The molecule has 0 aromatic heterocycles. The van der Waals surface area contributed by atoms with Gasteiger partial charge in [-0.2, -0.15) is 0 Å². The second-order valence-electron chi connectivity index (χ2n) is 6.73. The third-order valence-electron chi connectivity index (χ3n) is 5.56. The molecule has 0 aromatic rings. The molecule has 4 aliphatic rings. The van der Waals surface area contributed by atoms with Crippen molar-refractivity contribution in [2.24, 2.45) is 29.4 Å². The molecule has 3 N–H and O–H groups in total. The van der Waals surface area contributed by atoms with Gasteiger partial charge < -0.3 is 16.0 Å². The van der Waals surface area contributed by atoms with E-state index in [-0.39, 0.29) is 6.03 Å². The Morgan fingerprint density at radius 1 is 1.16 bits per heavy atom. The number of nitrogens with one attached hydrogen (secondary N) is 1. The van der Waals surface area contributed by atoms with Gasteiger partial charge in [0.1, 0.15) is 0 Å². The lowest BCUT2D eigenvalue weighted by atomic mass is 9.54. The molecule has 0 heterocycles. The molecule has 0 aliphatic heterocycles. The average Bonchev–Trinajstić information content (AvgIpc) is 2.39. The van der Waals surface area contributed by atoms with E-state index in [4.69, 9.17) is 5.73 Å². The molecule has 4 bridgehead atoms. The minimum atomic E-state index is 0.102. The van der Waals surface area contributed by atoms with Crippen LogP contribution in [0.3, 0.4) is 0 Å². The van der Waals surface area contributed by atoms with Crippen LogP contribution in [0.1, 0.15) is 39.0 Å². The first kappa shape index (κ1) is 13.2. The quantitative estimate of drug-likeness (QED) is 0.814. The van der Waals surface area contributed by atoms with Crippen LogP contribution in [0.15, 0.2) is 0 Å². The first-order valence-corrected chi connectivity index (χ1v) is 7.97. The lowest BCUT2D eigenvalue weighted by Crippen LogP contribution is -2.59. The van der Waals surface area contributed by atoms with E-state index in [0.717, 1.165) is 30.2 Å². The summed E-state index contributed by atoms with van der Waals surface area (Å²) in [4.78, 5) is 14.4. The molecule has 0 atom stereocenters. The van der Waals surface area contributed by atoms with Crippen molar-refractivity contribution in [2.75, 3.05) is 19.6 Å². The van der Waals surface area contributed by atoms with Crippen molar-refractivity contribution in [1.29, 1.82) is 0 Å². The van der Waals surface area contributed by atoms with Crippen LogP contribution < -0.4 is 11.1 Å². The van der Waals surface area contributed by atoms with Gasteiger partial charge in [0.15, 0.2) is 0 Å². The molecule has 0 saturated heterocycles. The molecule has 4 rings (SSSR count). The molecule has 4 heteroatoms. The van der Waals surface area contributed by atoms with Gasteiger partial charge in [0.05, 0.1) is 0 Å². The third-order valence-corrected chi connectivity index (χ3v) is 5.56. The van der Waals surface area contributed by atoms with Crippen LogP contribution in [0.5, 0.6) is 0 Å². The highest BCUT2D eigenvalue weighted by molar-refractivity contribution is 5.74. The predicted octanol–water partition coefficient (Wildman–Crippen LogP) is 1.80. The number of hydrogen-bond acceptors (Lipinski definition) is 2. The van der Waals surface area contributed by atoms with Gasteiger partial charge in [0, 0.05) is 25.7 Å². The van der Waals surface area contributed by atoms with Gasteiger partial charge in [-0.25, -0.2) is 4.79 Å². The molecule has 2 amide bonds. The largest absolute Gasteiger partial charge is 0.337 e. The smallest absolute Gasteiger partial charge is 0.317 e. The van der Waals surface area contributed by atoms with Gasteiger partial charge in [-0.1, -0.05) is 0 Å². The van der Waals surface area contributed by atoms with Gasteiger partial charge >= 0.3 is 6.03 Å². The Hall–Kier alpha value is -0.770. The van der Waals surface area contributed by atoms with Crippen LogP contribution in [0.4, 0.5) is 4.79 Å². The average molecular weight is 265 g/mol. The van der Waals surface area contributed by atoms with Crippen LogP contribution in [0.2, 0.25) is 0 Å². The number of carbonyl (C=O) groups is 1. The summed E-state index contributed by atoms with van der Waals surface area (Å²) in [5.74, 6) is 3.45.